The van der Waals surface area contributed by atoms with E-state index in [9.17, 15) is 24.0 Å². The zero-order valence-corrected chi connectivity index (χ0v) is 17.3. The Morgan fingerprint density at radius 2 is 1.64 bits per heavy atom. The number of Topliss-reactive ketones (excluding diaryl/α,β-unsaturated/α-hetero) is 1. The molecule has 11 heteroatoms. The van der Waals surface area contributed by atoms with Crippen LogP contribution in [0.4, 0.5) is 0 Å². The molecule has 1 aliphatic rings. The van der Waals surface area contributed by atoms with Crippen molar-refractivity contribution in [1.82, 2.24) is 5.32 Å². The first-order valence-corrected chi connectivity index (χ1v) is 9.71. The van der Waals surface area contributed by atoms with Gasteiger partial charge in [-0.2, -0.15) is 0 Å². The summed E-state index contributed by atoms with van der Waals surface area (Å²) in [4.78, 5) is 57.7. The van der Waals surface area contributed by atoms with Crippen molar-refractivity contribution in [2.45, 2.75) is 63.9 Å². The highest BCUT2D eigenvalue weighted by atomic mass is 32.2. The van der Waals surface area contributed by atoms with E-state index >= 15 is 0 Å². The van der Waals surface area contributed by atoms with Crippen LogP contribution in [0.5, 0.6) is 0 Å². The molecular weight excluding hydrogens is 394 g/mol. The second kappa shape index (κ2) is 10.4. The molecule has 0 bridgehead atoms. The second-order valence-corrected chi connectivity index (χ2v) is 7.34. The van der Waals surface area contributed by atoms with Gasteiger partial charge in [0.2, 0.25) is 5.91 Å². The van der Waals surface area contributed by atoms with Gasteiger partial charge < -0.3 is 24.3 Å². The van der Waals surface area contributed by atoms with E-state index in [1.807, 2.05) is 0 Å². The minimum atomic E-state index is -1.38. The van der Waals surface area contributed by atoms with Gasteiger partial charge in [0.05, 0.1) is 6.42 Å². The first-order valence-electron chi connectivity index (χ1n) is 8.49. The van der Waals surface area contributed by atoms with Crippen LogP contribution < -0.4 is 5.32 Å². The fourth-order valence-electron chi connectivity index (χ4n) is 2.72. The average molecular weight is 419 g/mol. The molecular formula is C17H25NO9S. The summed E-state index contributed by atoms with van der Waals surface area (Å²) in [6, 6.07) is 0. The molecule has 4 atom stereocenters. The summed E-state index contributed by atoms with van der Waals surface area (Å²) in [5.41, 5.74) is 0. The normalized spacial score (nSPS) is 26.7. The topological polar surface area (TPSA) is 134 Å². The van der Waals surface area contributed by atoms with Crippen molar-refractivity contribution in [1.29, 1.82) is 0 Å². The van der Waals surface area contributed by atoms with Crippen LogP contribution in [0.25, 0.3) is 0 Å². The molecule has 1 fully saturated rings. The Morgan fingerprint density at radius 3 is 2.11 bits per heavy atom. The number of ketones is 1. The molecule has 1 heterocycles. The lowest BCUT2D eigenvalue weighted by Gasteiger charge is -2.46. The Labute approximate surface area is 167 Å². The highest BCUT2D eigenvalue weighted by Gasteiger charge is 2.51. The molecule has 0 spiro atoms. The fraction of sp³-hybridized carbons (Fsp3) is 0.706. The van der Waals surface area contributed by atoms with Crippen LogP contribution in [-0.2, 0) is 42.9 Å². The summed E-state index contributed by atoms with van der Waals surface area (Å²) in [6.07, 6.45) is -1.80. The predicted molar refractivity (Wildman–Crippen MR) is 96.9 cm³/mol. The number of amides is 1. The van der Waals surface area contributed by atoms with E-state index in [0.717, 1.165) is 11.8 Å². The van der Waals surface area contributed by atoms with E-state index in [1.165, 1.54) is 27.7 Å². The standard InChI is InChI=1S/C17H25NO9S/c1-9(19)6-15(23)18-17(28-5)7-13(25-11(3)21)16(26-12(4)22)14(27-17)8-24-10(2)20/h13-14,16H,6-8H2,1-5H3,(H,18,23)/t13-,14-,16-,17-/m1/s1. The summed E-state index contributed by atoms with van der Waals surface area (Å²) >= 11 is 1.10. The van der Waals surface area contributed by atoms with Gasteiger partial charge in [-0.15, -0.1) is 11.8 Å². The zero-order chi connectivity index (χ0) is 21.5. The summed E-state index contributed by atoms with van der Waals surface area (Å²) in [6.45, 7) is 4.55. The largest absolute Gasteiger partial charge is 0.463 e. The lowest BCUT2D eigenvalue weighted by molar-refractivity contribution is -0.226. The smallest absolute Gasteiger partial charge is 0.303 e. The monoisotopic (exact) mass is 419 g/mol. The number of esters is 3. The molecule has 10 nitrogen and oxygen atoms in total. The van der Waals surface area contributed by atoms with Crippen LogP contribution in [0.1, 0.15) is 40.5 Å². The molecule has 0 aromatic heterocycles. The first kappa shape index (κ1) is 23.9. The lowest BCUT2D eigenvalue weighted by Crippen LogP contribution is -2.63. The van der Waals surface area contributed by atoms with Crippen molar-refractivity contribution in [2.75, 3.05) is 12.9 Å². The van der Waals surface area contributed by atoms with E-state index in [0.29, 0.717) is 0 Å². The molecule has 1 N–H and O–H groups in total. The molecule has 28 heavy (non-hydrogen) atoms. The maximum absolute atomic E-state index is 12.1. The van der Waals surface area contributed by atoms with Crippen LogP contribution >= 0.6 is 11.8 Å². The molecule has 1 rings (SSSR count). The number of hydrogen-bond donors (Lipinski definition) is 1. The molecule has 0 aromatic rings. The zero-order valence-electron chi connectivity index (χ0n) is 16.4. The van der Waals surface area contributed by atoms with Gasteiger partial charge in [0, 0.05) is 27.2 Å². The van der Waals surface area contributed by atoms with Gasteiger partial charge >= 0.3 is 17.9 Å². The van der Waals surface area contributed by atoms with Crippen LogP contribution in [0, 0.1) is 0 Å². The first-order chi connectivity index (χ1) is 13.0. The molecule has 0 radical (unpaired) electrons. The van der Waals surface area contributed by atoms with Gasteiger partial charge in [0.1, 0.15) is 24.6 Å². The number of carbonyl (C=O) groups is 5. The van der Waals surface area contributed by atoms with Crippen molar-refractivity contribution in [3.8, 4) is 0 Å². The Morgan fingerprint density at radius 1 is 1.04 bits per heavy atom. The van der Waals surface area contributed by atoms with Gasteiger partial charge in [0.15, 0.2) is 11.2 Å². The Balaban J connectivity index is 3.19. The third-order valence-electron chi connectivity index (χ3n) is 3.68. The number of rotatable bonds is 8. The van der Waals surface area contributed by atoms with Crippen LogP contribution in [0.2, 0.25) is 0 Å². The number of thioether (sulfide) groups is 1. The van der Waals surface area contributed by atoms with E-state index in [4.69, 9.17) is 18.9 Å². The maximum atomic E-state index is 12.1. The van der Waals surface area contributed by atoms with Gasteiger partial charge in [-0.05, 0) is 13.2 Å². The number of hydrogen-bond acceptors (Lipinski definition) is 10. The molecule has 1 aliphatic heterocycles. The van der Waals surface area contributed by atoms with Crippen molar-refractivity contribution < 1.29 is 42.9 Å². The quantitative estimate of drug-likeness (QED) is 0.253. The molecule has 158 valence electrons. The van der Waals surface area contributed by atoms with E-state index in [-0.39, 0.29) is 25.2 Å². The number of carbonyl (C=O) groups excluding carboxylic acids is 5. The molecule has 1 saturated heterocycles. The minimum absolute atomic E-state index is 0.0497. The highest BCUT2D eigenvalue weighted by molar-refractivity contribution is 7.99. The van der Waals surface area contributed by atoms with Gasteiger partial charge in [-0.3, -0.25) is 24.0 Å². The van der Waals surface area contributed by atoms with Crippen LogP contribution in [0.3, 0.4) is 0 Å². The molecule has 1 amide bonds. The Bertz CT molecular complexity index is 638. The van der Waals surface area contributed by atoms with Crippen molar-refractivity contribution in [3.05, 3.63) is 0 Å². The number of nitrogens with one attached hydrogen (secondary N) is 1. The Kier molecular flexibility index (Phi) is 8.89. The summed E-state index contributed by atoms with van der Waals surface area (Å²) in [7, 11) is 0. The van der Waals surface area contributed by atoms with Crippen molar-refractivity contribution in [3.63, 3.8) is 0 Å². The molecule has 0 aliphatic carbocycles. The highest BCUT2D eigenvalue weighted by Crippen LogP contribution is 2.38. The lowest BCUT2D eigenvalue weighted by atomic mass is 9.99. The van der Waals surface area contributed by atoms with Crippen LogP contribution in [-0.4, -0.2) is 65.8 Å². The van der Waals surface area contributed by atoms with Crippen LogP contribution in [0.15, 0.2) is 0 Å². The van der Waals surface area contributed by atoms with Gasteiger partial charge in [0.25, 0.3) is 0 Å². The van der Waals surface area contributed by atoms with Crippen molar-refractivity contribution >= 4 is 41.4 Å². The van der Waals surface area contributed by atoms with E-state index < -0.39 is 47.2 Å². The van der Waals surface area contributed by atoms with Gasteiger partial charge in [-0.25, -0.2) is 0 Å². The molecule has 0 aromatic carbocycles. The molecule has 0 saturated carbocycles. The summed E-state index contributed by atoms with van der Waals surface area (Å²) in [5.74, 6) is -2.78. The Hall–Kier alpha value is -2.14. The van der Waals surface area contributed by atoms with Gasteiger partial charge in [-0.1, -0.05) is 0 Å². The van der Waals surface area contributed by atoms with Crippen molar-refractivity contribution in [2.24, 2.45) is 0 Å². The third-order valence-corrected chi connectivity index (χ3v) is 4.71. The van der Waals surface area contributed by atoms with E-state index in [1.54, 1.807) is 6.26 Å². The van der Waals surface area contributed by atoms with E-state index in [2.05, 4.69) is 5.32 Å². The summed E-state index contributed by atoms with van der Waals surface area (Å²) < 4.78 is 21.4. The predicted octanol–water partition coefficient (Wildman–Crippen LogP) is 0.314. The average Bonchev–Trinajstić information content (AvgIpc) is 2.53. The third kappa shape index (κ3) is 7.47. The fourth-order valence-corrected chi connectivity index (χ4v) is 3.49. The minimum Gasteiger partial charge on any atom is -0.463 e. The summed E-state index contributed by atoms with van der Waals surface area (Å²) in [5, 5.41) is 1.24. The second-order valence-electron chi connectivity index (χ2n) is 6.27. The SMILES string of the molecule is CS[C@@]1(NC(=O)CC(C)=O)C[C@@H](OC(C)=O)[C@@H](OC(C)=O)[C@@H](COC(C)=O)O1. The maximum Gasteiger partial charge on any atom is 0.303 e. The molecule has 0 unspecified atom stereocenters. The number of ether oxygens (including phenoxy) is 4.